The van der Waals surface area contributed by atoms with Gasteiger partial charge in [-0.25, -0.2) is 8.42 Å². The number of fused-ring (bicyclic) bond motifs is 1. The molecule has 1 aliphatic heterocycles. The number of para-hydroxylation sites is 1. The summed E-state index contributed by atoms with van der Waals surface area (Å²) in [5.74, 6) is 0.655. The van der Waals surface area contributed by atoms with Gasteiger partial charge in [-0.1, -0.05) is 31.0 Å². The summed E-state index contributed by atoms with van der Waals surface area (Å²) in [5, 5.41) is 0. The number of piperidine rings is 1. The van der Waals surface area contributed by atoms with Crippen molar-refractivity contribution in [3.05, 3.63) is 60.2 Å². The van der Waals surface area contributed by atoms with Crippen LogP contribution in [0.2, 0.25) is 0 Å². The molecule has 0 bridgehead atoms. The molecule has 5 nitrogen and oxygen atoms in total. The molecule has 1 heterocycles. The van der Waals surface area contributed by atoms with E-state index in [1.807, 2.05) is 11.0 Å². The van der Waals surface area contributed by atoms with E-state index in [0.717, 1.165) is 19.4 Å². The molecular weight excluding hydrogens is 384 g/mol. The molecule has 2 unspecified atom stereocenters. The number of likely N-dealkylation sites (tertiary alicyclic amines) is 1. The first-order valence-electron chi connectivity index (χ1n) is 10.4. The Kier molecular flexibility index (Phi) is 5.63. The van der Waals surface area contributed by atoms with E-state index in [9.17, 15) is 13.2 Å². The Hall–Kier alpha value is -2.34. The van der Waals surface area contributed by atoms with Crippen LogP contribution in [-0.2, 0) is 10.0 Å². The van der Waals surface area contributed by atoms with Crippen LogP contribution < -0.4 is 4.31 Å². The Morgan fingerprint density at radius 1 is 0.931 bits per heavy atom. The van der Waals surface area contributed by atoms with Gasteiger partial charge in [0, 0.05) is 25.2 Å². The summed E-state index contributed by atoms with van der Waals surface area (Å²) in [6.07, 6.45) is 7.04. The van der Waals surface area contributed by atoms with Crippen molar-refractivity contribution in [3.8, 4) is 0 Å². The first-order chi connectivity index (χ1) is 14.0. The molecule has 1 saturated carbocycles. The second-order valence-electron chi connectivity index (χ2n) is 8.09. The monoisotopic (exact) mass is 412 g/mol. The SMILES string of the molecule is CN(c1ccccc1)S(=O)(=O)c1ccc(C(=O)N2CCCC3CCCCC32)cc1. The highest BCUT2D eigenvalue weighted by Crippen LogP contribution is 2.36. The summed E-state index contributed by atoms with van der Waals surface area (Å²) in [6, 6.07) is 15.7. The van der Waals surface area contributed by atoms with Crippen molar-refractivity contribution >= 4 is 21.6 Å². The van der Waals surface area contributed by atoms with E-state index in [4.69, 9.17) is 0 Å². The van der Waals surface area contributed by atoms with Gasteiger partial charge in [-0.3, -0.25) is 9.10 Å². The van der Waals surface area contributed by atoms with Crippen LogP contribution in [0.25, 0.3) is 0 Å². The van der Waals surface area contributed by atoms with E-state index in [1.54, 1.807) is 55.6 Å². The highest BCUT2D eigenvalue weighted by atomic mass is 32.2. The van der Waals surface area contributed by atoms with Gasteiger partial charge in [0.15, 0.2) is 0 Å². The second kappa shape index (κ2) is 8.19. The molecule has 154 valence electrons. The van der Waals surface area contributed by atoms with Crippen LogP contribution in [0.4, 0.5) is 5.69 Å². The number of hydrogen-bond acceptors (Lipinski definition) is 3. The van der Waals surface area contributed by atoms with Gasteiger partial charge in [-0.15, -0.1) is 0 Å². The third kappa shape index (κ3) is 3.90. The molecule has 0 spiro atoms. The van der Waals surface area contributed by atoms with Crippen molar-refractivity contribution < 1.29 is 13.2 Å². The van der Waals surface area contributed by atoms with Crippen molar-refractivity contribution in [2.75, 3.05) is 17.9 Å². The minimum atomic E-state index is -3.67. The highest BCUT2D eigenvalue weighted by Gasteiger charge is 2.36. The van der Waals surface area contributed by atoms with Crippen LogP contribution in [0.3, 0.4) is 0 Å². The average molecular weight is 413 g/mol. The van der Waals surface area contributed by atoms with Crippen LogP contribution in [0, 0.1) is 5.92 Å². The van der Waals surface area contributed by atoms with Crippen LogP contribution in [0.5, 0.6) is 0 Å². The van der Waals surface area contributed by atoms with E-state index in [-0.39, 0.29) is 10.8 Å². The summed E-state index contributed by atoms with van der Waals surface area (Å²) in [6.45, 7) is 0.802. The zero-order chi connectivity index (χ0) is 20.4. The maximum atomic E-state index is 13.1. The molecule has 0 radical (unpaired) electrons. The van der Waals surface area contributed by atoms with Crippen LogP contribution in [0.15, 0.2) is 59.5 Å². The number of sulfonamides is 1. The molecule has 2 fully saturated rings. The Labute approximate surface area is 173 Å². The summed E-state index contributed by atoms with van der Waals surface area (Å²) in [4.78, 5) is 15.4. The second-order valence-corrected chi connectivity index (χ2v) is 10.1. The zero-order valence-corrected chi connectivity index (χ0v) is 17.6. The largest absolute Gasteiger partial charge is 0.335 e. The molecule has 1 amide bonds. The van der Waals surface area contributed by atoms with E-state index >= 15 is 0 Å². The fourth-order valence-electron chi connectivity index (χ4n) is 4.75. The van der Waals surface area contributed by atoms with Crippen molar-refractivity contribution in [1.82, 2.24) is 4.90 Å². The van der Waals surface area contributed by atoms with E-state index in [0.29, 0.717) is 23.2 Å². The molecule has 1 aliphatic carbocycles. The Morgan fingerprint density at radius 3 is 2.31 bits per heavy atom. The Balaban J connectivity index is 1.53. The van der Waals surface area contributed by atoms with Crippen molar-refractivity contribution in [2.45, 2.75) is 49.5 Å². The van der Waals surface area contributed by atoms with Crippen molar-refractivity contribution in [2.24, 2.45) is 5.92 Å². The van der Waals surface area contributed by atoms with Gasteiger partial charge in [-0.2, -0.15) is 0 Å². The third-order valence-electron chi connectivity index (χ3n) is 6.38. The summed E-state index contributed by atoms with van der Waals surface area (Å²) < 4.78 is 27.1. The fourth-order valence-corrected chi connectivity index (χ4v) is 5.94. The topological polar surface area (TPSA) is 57.7 Å². The lowest BCUT2D eigenvalue weighted by Crippen LogP contribution is -2.49. The van der Waals surface area contributed by atoms with E-state index < -0.39 is 10.0 Å². The molecule has 0 N–H and O–H groups in total. The summed E-state index contributed by atoms with van der Waals surface area (Å²) >= 11 is 0. The summed E-state index contributed by atoms with van der Waals surface area (Å²) in [7, 11) is -2.13. The zero-order valence-electron chi connectivity index (χ0n) is 16.8. The average Bonchev–Trinajstić information content (AvgIpc) is 2.78. The summed E-state index contributed by atoms with van der Waals surface area (Å²) in [5.41, 5.74) is 1.17. The molecule has 4 rings (SSSR count). The molecule has 2 aliphatic rings. The van der Waals surface area contributed by atoms with Gasteiger partial charge in [0.1, 0.15) is 0 Å². The molecule has 29 heavy (non-hydrogen) atoms. The van der Waals surface area contributed by atoms with Gasteiger partial charge < -0.3 is 4.90 Å². The standard InChI is InChI=1S/C23H28N2O3S/c1-24(20-10-3-2-4-11-20)29(27,28)21-15-13-19(14-16-21)23(26)25-17-7-9-18-8-5-6-12-22(18)25/h2-4,10-11,13-16,18,22H,5-9,12,17H2,1H3. The van der Waals surface area contributed by atoms with Crippen molar-refractivity contribution in [1.29, 1.82) is 0 Å². The minimum absolute atomic E-state index is 0.0296. The number of carbonyl (C=O) groups excluding carboxylic acids is 1. The predicted octanol–water partition coefficient (Wildman–Crippen LogP) is 4.31. The number of anilines is 1. The van der Waals surface area contributed by atoms with Gasteiger partial charge in [0.25, 0.3) is 15.9 Å². The Morgan fingerprint density at radius 2 is 1.59 bits per heavy atom. The van der Waals surface area contributed by atoms with Gasteiger partial charge >= 0.3 is 0 Å². The fraction of sp³-hybridized carbons (Fsp3) is 0.435. The molecular formula is C23H28N2O3S. The quantitative estimate of drug-likeness (QED) is 0.752. The molecule has 6 heteroatoms. The first kappa shape index (κ1) is 20.0. The molecule has 0 aromatic heterocycles. The smallest absolute Gasteiger partial charge is 0.264 e. The third-order valence-corrected chi connectivity index (χ3v) is 8.18. The van der Waals surface area contributed by atoms with Crippen LogP contribution in [0.1, 0.15) is 48.9 Å². The van der Waals surface area contributed by atoms with E-state index in [2.05, 4.69) is 0 Å². The molecule has 2 aromatic carbocycles. The van der Waals surface area contributed by atoms with Crippen LogP contribution >= 0.6 is 0 Å². The number of rotatable bonds is 4. The highest BCUT2D eigenvalue weighted by molar-refractivity contribution is 7.92. The molecule has 2 atom stereocenters. The lowest BCUT2D eigenvalue weighted by atomic mass is 9.78. The molecule has 1 saturated heterocycles. The maximum Gasteiger partial charge on any atom is 0.264 e. The number of hydrogen-bond donors (Lipinski definition) is 0. The predicted molar refractivity (Wildman–Crippen MR) is 114 cm³/mol. The van der Waals surface area contributed by atoms with Crippen molar-refractivity contribution in [3.63, 3.8) is 0 Å². The number of benzene rings is 2. The minimum Gasteiger partial charge on any atom is -0.335 e. The normalized spacial score (nSPS) is 22.0. The first-order valence-corrected chi connectivity index (χ1v) is 11.9. The van der Waals surface area contributed by atoms with Gasteiger partial charge in [-0.05, 0) is 68.0 Å². The lowest BCUT2D eigenvalue weighted by Gasteiger charge is -2.44. The number of nitrogens with zero attached hydrogens (tertiary/aromatic N) is 2. The maximum absolute atomic E-state index is 13.1. The number of carbonyl (C=O) groups is 1. The molecule has 2 aromatic rings. The van der Waals surface area contributed by atoms with E-state index in [1.165, 1.54) is 30.0 Å². The lowest BCUT2D eigenvalue weighted by molar-refractivity contribution is 0.0390. The van der Waals surface area contributed by atoms with Crippen LogP contribution in [-0.4, -0.2) is 38.9 Å². The Bertz CT molecular complexity index is 955. The number of amides is 1. The van der Waals surface area contributed by atoms with Gasteiger partial charge in [0.05, 0.1) is 10.6 Å². The van der Waals surface area contributed by atoms with Gasteiger partial charge in [0.2, 0.25) is 0 Å².